The molecule has 3 aromatic rings. The second-order valence-corrected chi connectivity index (χ2v) is 8.44. The Labute approximate surface area is 181 Å². The van der Waals surface area contributed by atoms with Crippen molar-refractivity contribution in [2.45, 2.75) is 16.8 Å². The molecule has 1 N–H and O–H groups in total. The number of halogens is 3. The molecule has 0 aliphatic rings. The molecule has 1 atom stereocenters. The standard InChI is InChI=1S/C22H16F3NO5S/c23-16-8-10-17(11-9-16)26-20(27)19(14-4-2-1-3-5-14)31-21(28)15-6-12-18(13-7-15)32(29,30)22(24)25/h1-13,19,22H,(H,26,27). The average Bonchev–Trinajstić information content (AvgIpc) is 2.79. The largest absolute Gasteiger partial charge is 0.444 e. The number of benzene rings is 3. The maximum atomic E-state index is 13.1. The molecular weight excluding hydrogens is 447 g/mol. The van der Waals surface area contributed by atoms with Gasteiger partial charge in [-0.1, -0.05) is 30.3 Å². The Kier molecular flexibility index (Phi) is 6.94. The minimum absolute atomic E-state index is 0.145. The van der Waals surface area contributed by atoms with E-state index in [9.17, 15) is 31.2 Å². The van der Waals surface area contributed by atoms with Gasteiger partial charge in [-0.2, -0.15) is 8.78 Å². The van der Waals surface area contributed by atoms with Crippen LogP contribution in [0.1, 0.15) is 22.0 Å². The zero-order chi connectivity index (χ0) is 23.3. The summed E-state index contributed by atoms with van der Waals surface area (Å²) in [5.74, 6) is -5.79. The maximum absolute atomic E-state index is 13.1. The van der Waals surface area contributed by atoms with Crippen molar-refractivity contribution in [2.75, 3.05) is 5.32 Å². The van der Waals surface area contributed by atoms with Crippen molar-refractivity contribution in [1.29, 1.82) is 0 Å². The molecule has 0 aliphatic heterocycles. The molecule has 0 saturated carbocycles. The van der Waals surface area contributed by atoms with Crippen LogP contribution in [0, 0.1) is 5.82 Å². The molecule has 10 heteroatoms. The van der Waals surface area contributed by atoms with Gasteiger partial charge in [0.15, 0.2) is 0 Å². The molecule has 0 heterocycles. The van der Waals surface area contributed by atoms with Gasteiger partial charge in [0.05, 0.1) is 10.5 Å². The summed E-state index contributed by atoms with van der Waals surface area (Å²) >= 11 is 0. The van der Waals surface area contributed by atoms with E-state index in [0.29, 0.717) is 5.56 Å². The van der Waals surface area contributed by atoms with Crippen molar-refractivity contribution in [3.05, 3.63) is 95.8 Å². The molecule has 0 aromatic heterocycles. The monoisotopic (exact) mass is 463 g/mol. The van der Waals surface area contributed by atoms with Gasteiger partial charge in [-0.05, 0) is 48.5 Å². The van der Waals surface area contributed by atoms with Crippen LogP contribution < -0.4 is 5.32 Å². The first-order chi connectivity index (χ1) is 15.2. The van der Waals surface area contributed by atoms with Crippen molar-refractivity contribution in [2.24, 2.45) is 0 Å². The number of rotatable bonds is 7. The highest BCUT2D eigenvalue weighted by molar-refractivity contribution is 7.91. The Morgan fingerprint density at radius 2 is 1.44 bits per heavy atom. The van der Waals surface area contributed by atoms with Crippen LogP contribution in [0.15, 0.2) is 83.8 Å². The second-order valence-electron chi connectivity index (χ2n) is 6.52. The van der Waals surface area contributed by atoms with Crippen molar-refractivity contribution < 1.29 is 35.9 Å². The number of carbonyl (C=O) groups excluding carboxylic acids is 2. The topological polar surface area (TPSA) is 89.5 Å². The van der Waals surface area contributed by atoms with Crippen LogP contribution in [-0.2, 0) is 19.4 Å². The molecule has 0 fully saturated rings. The molecular formula is C22H16F3NO5S. The molecule has 0 spiro atoms. The predicted octanol–water partition coefficient (Wildman–Crippen LogP) is 4.36. The number of amides is 1. The van der Waals surface area contributed by atoms with Crippen LogP contribution in [0.2, 0.25) is 0 Å². The predicted molar refractivity (Wildman–Crippen MR) is 109 cm³/mol. The summed E-state index contributed by atoms with van der Waals surface area (Å²) in [7, 11) is -4.81. The van der Waals surface area contributed by atoms with Gasteiger partial charge in [0.25, 0.3) is 5.91 Å². The Balaban J connectivity index is 1.82. The SMILES string of the molecule is O=C(OC(C(=O)Nc1ccc(F)cc1)c1ccccc1)c1ccc(S(=O)(=O)C(F)F)cc1. The van der Waals surface area contributed by atoms with Gasteiger partial charge in [0.1, 0.15) is 5.82 Å². The smallest absolute Gasteiger partial charge is 0.341 e. The zero-order valence-corrected chi connectivity index (χ0v) is 17.1. The fourth-order valence-corrected chi connectivity index (χ4v) is 3.42. The molecule has 3 aromatic carbocycles. The van der Waals surface area contributed by atoms with Crippen LogP contribution in [0.5, 0.6) is 0 Å². The van der Waals surface area contributed by atoms with Gasteiger partial charge < -0.3 is 10.1 Å². The van der Waals surface area contributed by atoms with Gasteiger partial charge in [-0.25, -0.2) is 17.6 Å². The first-order valence-electron chi connectivity index (χ1n) is 9.13. The molecule has 6 nitrogen and oxygen atoms in total. The summed E-state index contributed by atoms with van der Waals surface area (Å²) in [5.41, 5.74) is 0.473. The lowest BCUT2D eigenvalue weighted by atomic mass is 10.1. The van der Waals surface area contributed by atoms with Crippen molar-refractivity contribution in [3.8, 4) is 0 Å². The van der Waals surface area contributed by atoms with E-state index in [1.54, 1.807) is 30.3 Å². The minimum Gasteiger partial charge on any atom is -0.444 e. The summed E-state index contributed by atoms with van der Waals surface area (Å²) in [6, 6.07) is 16.8. The highest BCUT2D eigenvalue weighted by atomic mass is 32.2. The van der Waals surface area contributed by atoms with Crippen LogP contribution in [0.3, 0.4) is 0 Å². The number of sulfone groups is 1. The number of anilines is 1. The van der Waals surface area contributed by atoms with Gasteiger partial charge >= 0.3 is 11.7 Å². The van der Waals surface area contributed by atoms with E-state index in [1.165, 1.54) is 12.1 Å². The van der Waals surface area contributed by atoms with E-state index in [4.69, 9.17) is 4.74 Å². The third-order valence-electron chi connectivity index (χ3n) is 4.33. The Morgan fingerprint density at radius 1 is 0.844 bits per heavy atom. The fraction of sp³-hybridized carbons (Fsp3) is 0.0909. The molecule has 3 rings (SSSR count). The lowest BCUT2D eigenvalue weighted by Gasteiger charge is -2.18. The number of esters is 1. The highest BCUT2D eigenvalue weighted by Crippen LogP contribution is 2.23. The summed E-state index contributed by atoms with van der Waals surface area (Å²) in [5, 5.41) is 2.52. The second kappa shape index (κ2) is 9.65. The van der Waals surface area contributed by atoms with Crippen LogP contribution in [0.25, 0.3) is 0 Å². The minimum atomic E-state index is -4.81. The highest BCUT2D eigenvalue weighted by Gasteiger charge is 2.28. The van der Waals surface area contributed by atoms with E-state index in [2.05, 4.69) is 5.32 Å². The number of alkyl halides is 2. The number of carbonyl (C=O) groups is 2. The third kappa shape index (κ3) is 5.33. The molecule has 0 aliphatic carbocycles. The van der Waals surface area contributed by atoms with E-state index < -0.39 is 44.3 Å². The van der Waals surface area contributed by atoms with Crippen molar-refractivity contribution >= 4 is 27.4 Å². The number of hydrogen-bond acceptors (Lipinski definition) is 5. The quantitative estimate of drug-likeness (QED) is 0.526. The first-order valence-corrected chi connectivity index (χ1v) is 10.7. The van der Waals surface area contributed by atoms with Gasteiger partial charge in [0.2, 0.25) is 15.9 Å². The zero-order valence-electron chi connectivity index (χ0n) is 16.2. The van der Waals surface area contributed by atoms with Gasteiger partial charge in [-0.15, -0.1) is 0 Å². The van der Waals surface area contributed by atoms with Crippen LogP contribution >= 0.6 is 0 Å². The fourth-order valence-electron chi connectivity index (χ4n) is 2.70. The Bertz CT molecular complexity index is 1200. The molecule has 1 unspecified atom stereocenters. The lowest BCUT2D eigenvalue weighted by molar-refractivity contribution is -0.125. The van der Waals surface area contributed by atoms with Crippen LogP contribution in [0.4, 0.5) is 18.9 Å². The number of ether oxygens (including phenoxy) is 1. The van der Waals surface area contributed by atoms with E-state index in [1.807, 2.05) is 0 Å². The molecule has 0 bridgehead atoms. The molecule has 32 heavy (non-hydrogen) atoms. The molecule has 0 saturated heterocycles. The summed E-state index contributed by atoms with van der Waals surface area (Å²) in [4.78, 5) is 24.7. The van der Waals surface area contributed by atoms with E-state index in [0.717, 1.165) is 36.4 Å². The van der Waals surface area contributed by atoms with Crippen molar-refractivity contribution in [3.63, 3.8) is 0 Å². The molecule has 1 amide bonds. The number of hydrogen-bond donors (Lipinski definition) is 1. The van der Waals surface area contributed by atoms with Crippen LogP contribution in [-0.4, -0.2) is 26.1 Å². The summed E-state index contributed by atoms with van der Waals surface area (Å²) in [6.45, 7) is 0. The first kappa shape index (κ1) is 23.0. The Hall–Kier alpha value is -3.66. The molecule has 0 radical (unpaired) electrons. The van der Waals surface area contributed by atoms with E-state index in [-0.39, 0.29) is 11.3 Å². The van der Waals surface area contributed by atoms with Gasteiger partial charge in [0, 0.05) is 11.3 Å². The average molecular weight is 463 g/mol. The third-order valence-corrected chi connectivity index (χ3v) is 5.73. The number of nitrogens with one attached hydrogen (secondary N) is 1. The summed E-state index contributed by atoms with van der Waals surface area (Å²) < 4.78 is 66.8. The lowest BCUT2D eigenvalue weighted by Crippen LogP contribution is -2.26. The summed E-state index contributed by atoms with van der Waals surface area (Å²) in [6.07, 6.45) is -1.39. The van der Waals surface area contributed by atoms with Crippen molar-refractivity contribution in [1.82, 2.24) is 0 Å². The molecule has 166 valence electrons. The van der Waals surface area contributed by atoms with Gasteiger partial charge in [-0.3, -0.25) is 4.79 Å². The Morgan fingerprint density at radius 3 is 2.00 bits per heavy atom. The van der Waals surface area contributed by atoms with E-state index >= 15 is 0 Å². The normalized spacial score (nSPS) is 12.2. The maximum Gasteiger partial charge on any atom is 0.341 e.